The molecule has 1 aliphatic carbocycles. The van der Waals surface area contributed by atoms with E-state index in [9.17, 15) is 13.6 Å². The van der Waals surface area contributed by atoms with Crippen LogP contribution < -0.4 is 0 Å². The number of amides is 1. The van der Waals surface area contributed by atoms with E-state index in [-0.39, 0.29) is 30.1 Å². The fourth-order valence-corrected chi connectivity index (χ4v) is 3.97. The number of alkyl halides is 2. The molecule has 1 saturated carbocycles. The molecule has 0 aromatic carbocycles. The van der Waals surface area contributed by atoms with E-state index in [0.29, 0.717) is 38.8 Å². The van der Waals surface area contributed by atoms with Crippen LogP contribution in [0.15, 0.2) is 11.5 Å². The number of rotatable bonds is 3. The molecule has 7 heteroatoms. The highest BCUT2D eigenvalue weighted by Gasteiger charge is 2.52. The van der Waals surface area contributed by atoms with Gasteiger partial charge in [-0.2, -0.15) is 0 Å². The monoisotopic (exact) mass is 369 g/mol. The highest BCUT2D eigenvalue weighted by Crippen LogP contribution is 2.40. The van der Waals surface area contributed by atoms with Gasteiger partial charge >= 0.3 is 7.12 Å². The third kappa shape index (κ3) is 3.84. The Kier molecular flexibility index (Phi) is 5.51. The van der Waals surface area contributed by atoms with E-state index in [2.05, 4.69) is 0 Å². The maximum Gasteiger partial charge on any atom is 0.490 e. The molecule has 3 rings (SSSR count). The molecule has 0 unspecified atom stereocenters. The lowest BCUT2D eigenvalue weighted by molar-refractivity contribution is -0.137. The standard InChI is InChI=1S/C19H30BF2NO3/c1-18(2)19(3,4)26-20(25-18)15-9-11-23(12-10-15)17(24)14-7-5-13(6-8-14)16(21)22/h9,13-14,16H,5-8,10-12H2,1-4H3. The number of halogens is 2. The number of nitrogens with zero attached hydrogens (tertiary/aromatic N) is 1. The van der Waals surface area contributed by atoms with E-state index >= 15 is 0 Å². The van der Waals surface area contributed by atoms with E-state index in [0.717, 1.165) is 11.9 Å². The summed E-state index contributed by atoms with van der Waals surface area (Å²) in [7, 11) is -0.348. The van der Waals surface area contributed by atoms with Crippen molar-refractivity contribution in [1.82, 2.24) is 4.90 Å². The zero-order valence-electron chi connectivity index (χ0n) is 16.3. The van der Waals surface area contributed by atoms with E-state index in [1.165, 1.54) is 0 Å². The second-order valence-corrected chi connectivity index (χ2v) is 8.85. The van der Waals surface area contributed by atoms with Gasteiger partial charge in [-0.05, 0) is 65.3 Å². The molecule has 26 heavy (non-hydrogen) atoms. The molecule has 2 fully saturated rings. The molecule has 0 atom stereocenters. The summed E-state index contributed by atoms with van der Waals surface area (Å²) < 4.78 is 37.7. The van der Waals surface area contributed by atoms with Gasteiger partial charge < -0.3 is 14.2 Å². The molecule has 1 saturated heterocycles. The number of carbonyl (C=O) groups is 1. The number of hydrogen-bond acceptors (Lipinski definition) is 3. The Labute approximate surface area is 155 Å². The number of carbonyl (C=O) groups excluding carboxylic acids is 1. The highest BCUT2D eigenvalue weighted by atomic mass is 19.3. The van der Waals surface area contributed by atoms with Crippen molar-refractivity contribution >= 4 is 13.0 Å². The lowest BCUT2D eigenvalue weighted by Gasteiger charge is -2.33. The van der Waals surface area contributed by atoms with Crippen LogP contribution in [-0.2, 0) is 14.1 Å². The summed E-state index contributed by atoms with van der Waals surface area (Å²) in [6.07, 6.45) is 2.58. The lowest BCUT2D eigenvalue weighted by atomic mass is 9.74. The van der Waals surface area contributed by atoms with Crippen LogP contribution in [0.5, 0.6) is 0 Å². The number of hydrogen-bond donors (Lipinski definition) is 0. The summed E-state index contributed by atoms with van der Waals surface area (Å²) in [6, 6.07) is 0. The van der Waals surface area contributed by atoms with Crippen molar-refractivity contribution < 1.29 is 22.9 Å². The van der Waals surface area contributed by atoms with Crippen LogP contribution in [0.1, 0.15) is 59.8 Å². The van der Waals surface area contributed by atoms with E-state index in [1.807, 2.05) is 38.7 Å². The summed E-state index contributed by atoms with van der Waals surface area (Å²) in [4.78, 5) is 14.6. The smallest absolute Gasteiger partial charge is 0.400 e. The maximum absolute atomic E-state index is 12.8. The minimum atomic E-state index is -2.26. The van der Waals surface area contributed by atoms with Crippen molar-refractivity contribution in [2.45, 2.75) is 77.4 Å². The fourth-order valence-electron chi connectivity index (χ4n) is 3.97. The Morgan fingerprint density at radius 3 is 2.19 bits per heavy atom. The van der Waals surface area contributed by atoms with Gasteiger partial charge in [-0.3, -0.25) is 4.79 Å². The van der Waals surface area contributed by atoms with Crippen LogP contribution in [0.3, 0.4) is 0 Å². The van der Waals surface area contributed by atoms with Crippen molar-refractivity contribution in [1.29, 1.82) is 0 Å². The minimum absolute atomic E-state index is 0.100. The SMILES string of the molecule is CC1(C)OB(C2=CCN(C(=O)C3CCC(C(F)F)CC3)CC2)OC1(C)C. The van der Waals surface area contributed by atoms with Crippen molar-refractivity contribution in [3.05, 3.63) is 11.5 Å². The highest BCUT2D eigenvalue weighted by molar-refractivity contribution is 6.54. The average molecular weight is 369 g/mol. The van der Waals surface area contributed by atoms with Crippen LogP contribution in [0.2, 0.25) is 0 Å². The summed E-state index contributed by atoms with van der Waals surface area (Å²) in [5.41, 5.74) is 0.359. The van der Waals surface area contributed by atoms with Gasteiger partial charge in [0.1, 0.15) is 0 Å². The quantitative estimate of drug-likeness (QED) is 0.710. The van der Waals surface area contributed by atoms with Gasteiger partial charge in [0.05, 0.1) is 11.2 Å². The van der Waals surface area contributed by atoms with Gasteiger partial charge in [-0.25, -0.2) is 8.78 Å². The summed E-state index contributed by atoms with van der Waals surface area (Å²) >= 11 is 0. The molecule has 0 radical (unpaired) electrons. The molecule has 0 N–H and O–H groups in total. The van der Waals surface area contributed by atoms with Gasteiger partial charge in [0, 0.05) is 24.9 Å². The van der Waals surface area contributed by atoms with Crippen LogP contribution in [0.25, 0.3) is 0 Å². The zero-order chi connectivity index (χ0) is 19.1. The fraction of sp³-hybridized carbons (Fsp3) is 0.842. The molecule has 2 heterocycles. The Morgan fingerprint density at radius 1 is 1.15 bits per heavy atom. The molecule has 146 valence electrons. The van der Waals surface area contributed by atoms with Gasteiger partial charge in [0.2, 0.25) is 12.3 Å². The second kappa shape index (κ2) is 7.23. The molecule has 4 nitrogen and oxygen atoms in total. The molecule has 2 aliphatic heterocycles. The Balaban J connectivity index is 1.54. The predicted molar refractivity (Wildman–Crippen MR) is 96.8 cm³/mol. The van der Waals surface area contributed by atoms with Gasteiger partial charge in [0.25, 0.3) is 0 Å². The Hall–Kier alpha value is -0.945. The Bertz CT molecular complexity index is 555. The summed E-state index contributed by atoms with van der Waals surface area (Å²) in [6.45, 7) is 9.31. The van der Waals surface area contributed by atoms with Gasteiger partial charge in [0.15, 0.2) is 0 Å². The van der Waals surface area contributed by atoms with E-state index in [1.54, 1.807) is 0 Å². The molecular formula is C19H30BF2NO3. The third-order valence-corrected chi connectivity index (χ3v) is 6.59. The van der Waals surface area contributed by atoms with Gasteiger partial charge in [-0.1, -0.05) is 6.08 Å². The molecule has 0 bridgehead atoms. The van der Waals surface area contributed by atoms with Crippen molar-refractivity contribution in [3.63, 3.8) is 0 Å². The molecule has 0 aromatic rings. The van der Waals surface area contributed by atoms with Crippen LogP contribution in [0.4, 0.5) is 8.78 Å². The molecule has 0 spiro atoms. The zero-order valence-corrected chi connectivity index (χ0v) is 16.3. The third-order valence-electron chi connectivity index (χ3n) is 6.59. The molecule has 0 aromatic heterocycles. The average Bonchev–Trinajstić information content (AvgIpc) is 2.82. The normalized spacial score (nSPS) is 31.3. The first-order valence-electron chi connectivity index (χ1n) is 9.72. The summed E-state index contributed by atoms with van der Waals surface area (Å²) in [5.74, 6) is -0.519. The van der Waals surface area contributed by atoms with Crippen molar-refractivity contribution in [3.8, 4) is 0 Å². The first-order chi connectivity index (χ1) is 12.1. The first kappa shape index (κ1) is 19.8. The Morgan fingerprint density at radius 2 is 1.73 bits per heavy atom. The minimum Gasteiger partial charge on any atom is -0.400 e. The van der Waals surface area contributed by atoms with Crippen molar-refractivity contribution in [2.75, 3.05) is 13.1 Å². The second-order valence-electron chi connectivity index (χ2n) is 8.85. The van der Waals surface area contributed by atoms with E-state index < -0.39 is 12.3 Å². The topological polar surface area (TPSA) is 38.8 Å². The maximum atomic E-state index is 12.8. The first-order valence-corrected chi connectivity index (χ1v) is 9.72. The van der Waals surface area contributed by atoms with Gasteiger partial charge in [-0.15, -0.1) is 0 Å². The predicted octanol–water partition coefficient (Wildman–Crippen LogP) is 3.85. The molecule has 1 amide bonds. The lowest BCUT2D eigenvalue weighted by Crippen LogP contribution is -2.42. The summed E-state index contributed by atoms with van der Waals surface area (Å²) in [5, 5.41) is 0. The molecular weight excluding hydrogens is 339 g/mol. The largest absolute Gasteiger partial charge is 0.490 e. The molecule has 3 aliphatic rings. The van der Waals surface area contributed by atoms with Crippen LogP contribution in [-0.4, -0.2) is 48.6 Å². The van der Waals surface area contributed by atoms with Crippen molar-refractivity contribution in [2.24, 2.45) is 11.8 Å². The van der Waals surface area contributed by atoms with Crippen LogP contribution in [0, 0.1) is 11.8 Å². The van der Waals surface area contributed by atoms with Crippen LogP contribution >= 0.6 is 0 Å². The van der Waals surface area contributed by atoms with E-state index in [4.69, 9.17) is 9.31 Å².